The van der Waals surface area contributed by atoms with Gasteiger partial charge in [-0.05, 0) is 31.2 Å². The molecule has 2 rings (SSSR count). The maximum atomic E-state index is 12.5. The number of hydrogen-bond acceptors (Lipinski definition) is 4. The van der Waals surface area contributed by atoms with Gasteiger partial charge < -0.3 is 5.11 Å². The van der Waals surface area contributed by atoms with Crippen molar-refractivity contribution >= 4 is 36.8 Å². The molecule has 0 saturated heterocycles. The lowest BCUT2D eigenvalue weighted by Gasteiger charge is -2.22. The normalized spacial score (nSPS) is 15.5. The second kappa shape index (κ2) is 9.05. The molecular formula is C17H20BrNO4S2. The average Bonchev–Trinajstić information content (AvgIpc) is 2.60. The molecule has 0 amide bonds. The number of nitrogens with one attached hydrogen (secondary N) is 1. The van der Waals surface area contributed by atoms with Crippen molar-refractivity contribution in [2.75, 3.05) is 11.1 Å². The first-order chi connectivity index (χ1) is 11.8. The number of rotatable bonds is 8. The molecule has 136 valence electrons. The van der Waals surface area contributed by atoms with E-state index in [0.29, 0.717) is 4.90 Å². The Balaban J connectivity index is 2.08. The van der Waals surface area contributed by atoms with E-state index in [2.05, 4.69) is 20.7 Å². The molecule has 25 heavy (non-hydrogen) atoms. The Morgan fingerprint density at radius 3 is 2.28 bits per heavy atom. The fourth-order valence-corrected chi connectivity index (χ4v) is 5.41. The molecule has 0 bridgehead atoms. The standard InChI is InChI=1S/C17H20BrNO4S2/c1-13-7-9-15(10-8-13)25(22,23)19-16(11-18)17(20)12-24(21)14-5-3-2-4-6-14/h2-10,16-17,19-20H,11-12H2,1H3/t16-,17-,24?/m1/s1. The second-order valence-electron chi connectivity index (χ2n) is 5.59. The highest BCUT2D eigenvalue weighted by molar-refractivity contribution is 9.09. The van der Waals surface area contributed by atoms with Gasteiger partial charge in [0.25, 0.3) is 0 Å². The van der Waals surface area contributed by atoms with Crippen molar-refractivity contribution in [3.63, 3.8) is 0 Å². The molecule has 2 aromatic carbocycles. The molecule has 0 aliphatic heterocycles. The Bertz CT molecular complexity index is 810. The smallest absolute Gasteiger partial charge is 0.240 e. The fraction of sp³-hybridized carbons (Fsp3) is 0.294. The third-order valence-corrected chi connectivity index (χ3v) is 7.24. The molecule has 0 aliphatic carbocycles. The van der Waals surface area contributed by atoms with Crippen LogP contribution >= 0.6 is 15.9 Å². The van der Waals surface area contributed by atoms with Crippen molar-refractivity contribution in [1.29, 1.82) is 0 Å². The van der Waals surface area contributed by atoms with Crippen molar-refractivity contribution in [2.45, 2.75) is 28.9 Å². The van der Waals surface area contributed by atoms with E-state index < -0.39 is 33.0 Å². The monoisotopic (exact) mass is 445 g/mol. The minimum Gasteiger partial charge on any atom is -0.390 e. The minimum atomic E-state index is -3.77. The van der Waals surface area contributed by atoms with Gasteiger partial charge in [0.15, 0.2) is 0 Å². The molecule has 0 aromatic heterocycles. The average molecular weight is 446 g/mol. The van der Waals surface area contributed by atoms with E-state index in [4.69, 9.17) is 0 Å². The Morgan fingerprint density at radius 2 is 1.72 bits per heavy atom. The van der Waals surface area contributed by atoms with Crippen LogP contribution in [0.2, 0.25) is 0 Å². The lowest BCUT2D eigenvalue weighted by molar-refractivity contribution is 0.169. The van der Waals surface area contributed by atoms with Crippen molar-refractivity contribution in [3.8, 4) is 0 Å². The molecule has 0 radical (unpaired) electrons. The van der Waals surface area contributed by atoms with Gasteiger partial charge in [0, 0.05) is 10.2 Å². The zero-order valence-corrected chi connectivity index (χ0v) is 16.9. The SMILES string of the molecule is Cc1ccc(S(=O)(=O)N[C@H](CBr)[C@H](O)CS(=O)c2ccccc2)cc1. The maximum Gasteiger partial charge on any atom is 0.240 e. The van der Waals surface area contributed by atoms with Crippen LogP contribution in [-0.2, 0) is 20.8 Å². The van der Waals surface area contributed by atoms with Crippen molar-refractivity contribution in [1.82, 2.24) is 4.72 Å². The number of benzene rings is 2. The van der Waals surface area contributed by atoms with Crippen LogP contribution in [0.1, 0.15) is 5.56 Å². The number of aliphatic hydroxyl groups excluding tert-OH is 1. The summed E-state index contributed by atoms with van der Waals surface area (Å²) in [6, 6.07) is 14.4. The van der Waals surface area contributed by atoms with E-state index in [0.717, 1.165) is 5.56 Å². The maximum absolute atomic E-state index is 12.5. The Kier molecular flexibility index (Phi) is 7.33. The van der Waals surface area contributed by atoms with Crippen LogP contribution in [0.3, 0.4) is 0 Å². The third kappa shape index (κ3) is 5.72. The van der Waals surface area contributed by atoms with Crippen LogP contribution in [0.4, 0.5) is 0 Å². The van der Waals surface area contributed by atoms with Gasteiger partial charge in [0.2, 0.25) is 10.0 Å². The molecule has 0 fully saturated rings. The first-order valence-corrected chi connectivity index (χ1v) is 11.5. The Labute approximate surface area is 159 Å². The number of aliphatic hydroxyl groups is 1. The predicted molar refractivity (Wildman–Crippen MR) is 103 cm³/mol. The summed E-state index contributed by atoms with van der Waals surface area (Å²) in [7, 11) is -5.19. The van der Waals surface area contributed by atoms with Crippen LogP contribution in [0, 0.1) is 6.92 Å². The lowest BCUT2D eigenvalue weighted by atomic mass is 10.2. The topological polar surface area (TPSA) is 83.5 Å². The zero-order valence-electron chi connectivity index (χ0n) is 13.6. The second-order valence-corrected chi connectivity index (χ2v) is 9.44. The van der Waals surface area contributed by atoms with Crippen LogP contribution in [0.15, 0.2) is 64.4 Å². The van der Waals surface area contributed by atoms with E-state index in [1.165, 1.54) is 12.1 Å². The van der Waals surface area contributed by atoms with Crippen molar-refractivity contribution in [3.05, 3.63) is 60.2 Å². The minimum absolute atomic E-state index is 0.0588. The van der Waals surface area contributed by atoms with Gasteiger partial charge in [-0.2, -0.15) is 0 Å². The van der Waals surface area contributed by atoms with E-state index in [9.17, 15) is 17.7 Å². The quantitative estimate of drug-likeness (QED) is 0.610. The predicted octanol–water partition coefficient (Wildman–Crippen LogP) is 2.21. The van der Waals surface area contributed by atoms with Gasteiger partial charge in [0.05, 0.1) is 33.6 Å². The molecule has 3 atom stereocenters. The Morgan fingerprint density at radius 1 is 1.12 bits per heavy atom. The number of hydrogen-bond donors (Lipinski definition) is 2. The molecule has 8 heteroatoms. The fourth-order valence-electron chi connectivity index (χ4n) is 2.14. The van der Waals surface area contributed by atoms with Crippen LogP contribution in [-0.4, -0.2) is 41.0 Å². The summed E-state index contributed by atoms with van der Waals surface area (Å²) in [5.74, 6) is -0.0588. The summed E-state index contributed by atoms with van der Waals surface area (Å²) in [5.41, 5.74) is 0.953. The number of aryl methyl sites for hydroxylation is 1. The van der Waals surface area contributed by atoms with Crippen LogP contribution in [0.25, 0.3) is 0 Å². The summed E-state index contributed by atoms with van der Waals surface area (Å²) >= 11 is 3.21. The summed E-state index contributed by atoms with van der Waals surface area (Å²) in [6.45, 7) is 1.87. The third-order valence-electron chi connectivity index (χ3n) is 3.60. The summed E-state index contributed by atoms with van der Waals surface area (Å²) in [6.07, 6.45) is -1.10. The largest absolute Gasteiger partial charge is 0.390 e. The molecule has 2 aromatic rings. The number of sulfonamides is 1. The summed E-state index contributed by atoms with van der Waals surface area (Å²) < 4.78 is 39.7. The molecule has 1 unspecified atom stereocenters. The number of alkyl halides is 1. The highest BCUT2D eigenvalue weighted by Gasteiger charge is 2.26. The van der Waals surface area contributed by atoms with Crippen LogP contribution < -0.4 is 4.72 Å². The zero-order chi connectivity index (χ0) is 18.4. The highest BCUT2D eigenvalue weighted by Crippen LogP contribution is 2.14. The Hall–Kier alpha value is -1.06. The van der Waals surface area contributed by atoms with E-state index in [1.807, 2.05) is 13.0 Å². The van der Waals surface area contributed by atoms with E-state index in [-0.39, 0.29) is 16.0 Å². The van der Waals surface area contributed by atoms with Gasteiger partial charge in [0.1, 0.15) is 0 Å². The van der Waals surface area contributed by atoms with Gasteiger partial charge >= 0.3 is 0 Å². The van der Waals surface area contributed by atoms with Gasteiger partial charge in [-0.3, -0.25) is 4.21 Å². The first-order valence-electron chi connectivity index (χ1n) is 7.60. The molecular weight excluding hydrogens is 426 g/mol. The van der Waals surface area contributed by atoms with E-state index >= 15 is 0 Å². The van der Waals surface area contributed by atoms with Gasteiger partial charge in [-0.15, -0.1) is 0 Å². The first kappa shape index (κ1) is 20.3. The summed E-state index contributed by atoms with van der Waals surface area (Å²) in [5, 5.41) is 10.5. The molecule has 0 heterocycles. The van der Waals surface area contributed by atoms with Crippen molar-refractivity contribution < 1.29 is 17.7 Å². The lowest BCUT2D eigenvalue weighted by Crippen LogP contribution is -2.46. The van der Waals surface area contributed by atoms with E-state index in [1.54, 1.807) is 36.4 Å². The van der Waals surface area contributed by atoms with Crippen molar-refractivity contribution in [2.24, 2.45) is 0 Å². The molecule has 0 aliphatic rings. The van der Waals surface area contributed by atoms with Crippen LogP contribution in [0.5, 0.6) is 0 Å². The molecule has 5 nitrogen and oxygen atoms in total. The van der Waals surface area contributed by atoms with Gasteiger partial charge in [-0.1, -0.05) is 51.8 Å². The highest BCUT2D eigenvalue weighted by atomic mass is 79.9. The summed E-state index contributed by atoms with van der Waals surface area (Å²) in [4.78, 5) is 0.719. The molecule has 2 N–H and O–H groups in total. The molecule has 0 saturated carbocycles. The number of halogens is 1. The molecule has 0 spiro atoms. The van der Waals surface area contributed by atoms with Gasteiger partial charge in [-0.25, -0.2) is 13.1 Å².